The fourth-order valence-electron chi connectivity index (χ4n) is 3.11. The Bertz CT molecular complexity index is 551. The lowest BCUT2D eigenvalue weighted by molar-refractivity contribution is 0.299. The molecule has 0 aliphatic rings. The number of unbranched alkanes of at least 4 members (excludes halogenated alkanes) is 2. The van der Waals surface area contributed by atoms with Crippen LogP contribution in [0.4, 0.5) is 0 Å². The smallest absolute Gasteiger partial charge is 0.0500 e. The van der Waals surface area contributed by atoms with Crippen molar-refractivity contribution in [3.63, 3.8) is 0 Å². The lowest BCUT2D eigenvalue weighted by Crippen LogP contribution is -2.21. The maximum absolute atomic E-state index is 8.99. The summed E-state index contributed by atoms with van der Waals surface area (Å²) in [4.78, 5) is 0. The average molecular weight is 357 g/mol. The van der Waals surface area contributed by atoms with E-state index in [2.05, 4.69) is 55.4 Å². The number of nitrogens with two attached hydrogens (primary N) is 1. The molecule has 3 heteroatoms. The van der Waals surface area contributed by atoms with Gasteiger partial charge in [-0.25, -0.2) is 0 Å². The summed E-state index contributed by atoms with van der Waals surface area (Å²) in [6.45, 7) is 4.37. The molecule has 0 aliphatic heterocycles. The van der Waals surface area contributed by atoms with E-state index in [-0.39, 0.29) is 11.5 Å². The molecule has 0 radical (unpaired) electrons. The Morgan fingerprint density at radius 1 is 1.08 bits per heavy atom. The standard InChI is InChI=1S/C23H36N2O/c1-3-5-18-23(4-2,20-25-26)19-14-9-7-6-8-13-17-22(24)21-15-11-10-12-16-21/h8-16,20,22,26H,3-7,17-19,24H2,1-2H3. The van der Waals surface area contributed by atoms with Gasteiger partial charge in [-0.05, 0) is 44.1 Å². The number of hydrogen-bond acceptors (Lipinski definition) is 3. The highest BCUT2D eigenvalue weighted by atomic mass is 16.4. The van der Waals surface area contributed by atoms with Crippen LogP contribution >= 0.6 is 0 Å². The topological polar surface area (TPSA) is 58.6 Å². The second-order valence-corrected chi connectivity index (χ2v) is 7.04. The fourth-order valence-corrected chi connectivity index (χ4v) is 3.11. The Balaban J connectivity index is 2.32. The Hall–Kier alpha value is -1.87. The van der Waals surface area contributed by atoms with Crippen LogP contribution in [0.5, 0.6) is 0 Å². The van der Waals surface area contributed by atoms with E-state index in [0.717, 1.165) is 44.9 Å². The molecule has 26 heavy (non-hydrogen) atoms. The van der Waals surface area contributed by atoms with E-state index in [1.165, 1.54) is 12.0 Å². The maximum Gasteiger partial charge on any atom is 0.0500 e. The zero-order valence-corrected chi connectivity index (χ0v) is 16.5. The first kappa shape index (κ1) is 22.2. The Kier molecular flexibility index (Phi) is 11.4. The maximum atomic E-state index is 8.99. The number of oxime groups is 1. The zero-order valence-electron chi connectivity index (χ0n) is 16.5. The summed E-state index contributed by atoms with van der Waals surface area (Å²) >= 11 is 0. The van der Waals surface area contributed by atoms with Crippen LogP contribution in [0.2, 0.25) is 0 Å². The summed E-state index contributed by atoms with van der Waals surface area (Å²) < 4.78 is 0. The van der Waals surface area contributed by atoms with Crippen LogP contribution in [-0.4, -0.2) is 11.4 Å². The Labute approximate surface area is 159 Å². The first-order chi connectivity index (χ1) is 12.7. The van der Waals surface area contributed by atoms with Crippen molar-refractivity contribution >= 4 is 6.21 Å². The van der Waals surface area contributed by atoms with Gasteiger partial charge >= 0.3 is 0 Å². The largest absolute Gasteiger partial charge is 0.411 e. The summed E-state index contributed by atoms with van der Waals surface area (Å²) in [5.74, 6) is 0. The molecule has 0 amide bonds. The number of hydrogen-bond donors (Lipinski definition) is 2. The second kappa shape index (κ2) is 13.3. The number of rotatable bonds is 13. The number of nitrogens with zero attached hydrogens (tertiary/aromatic N) is 1. The molecule has 0 bridgehead atoms. The zero-order chi connectivity index (χ0) is 19.1. The fraction of sp³-hybridized carbons (Fsp3) is 0.522. The van der Waals surface area contributed by atoms with E-state index in [0.29, 0.717) is 0 Å². The molecule has 0 aliphatic carbocycles. The number of allylic oxidation sites excluding steroid dienone is 3. The van der Waals surface area contributed by atoms with Crippen LogP contribution in [0.15, 0.2) is 59.8 Å². The van der Waals surface area contributed by atoms with E-state index in [1.54, 1.807) is 6.21 Å². The van der Waals surface area contributed by atoms with E-state index < -0.39 is 0 Å². The van der Waals surface area contributed by atoms with Gasteiger partial charge in [0.25, 0.3) is 0 Å². The van der Waals surface area contributed by atoms with Crippen molar-refractivity contribution in [2.75, 3.05) is 0 Å². The molecule has 1 rings (SSSR count). The molecule has 0 heterocycles. The highest BCUT2D eigenvalue weighted by molar-refractivity contribution is 5.65. The van der Waals surface area contributed by atoms with Crippen molar-refractivity contribution in [2.45, 2.75) is 71.3 Å². The van der Waals surface area contributed by atoms with E-state index in [4.69, 9.17) is 10.9 Å². The minimum atomic E-state index is -0.000443. The van der Waals surface area contributed by atoms with Crippen LogP contribution in [0.25, 0.3) is 0 Å². The van der Waals surface area contributed by atoms with Crippen LogP contribution < -0.4 is 5.73 Å². The molecule has 0 saturated heterocycles. The van der Waals surface area contributed by atoms with Crippen LogP contribution in [-0.2, 0) is 0 Å². The van der Waals surface area contributed by atoms with Gasteiger partial charge in [0.05, 0.1) is 6.21 Å². The summed E-state index contributed by atoms with van der Waals surface area (Å²) in [6, 6.07) is 10.3. The first-order valence-corrected chi connectivity index (χ1v) is 9.96. The van der Waals surface area contributed by atoms with Gasteiger partial charge in [0, 0.05) is 11.5 Å². The molecule has 3 N–H and O–H groups in total. The lowest BCUT2D eigenvalue weighted by Gasteiger charge is -2.26. The van der Waals surface area contributed by atoms with Gasteiger partial charge in [-0.1, -0.05) is 81.3 Å². The van der Waals surface area contributed by atoms with Gasteiger partial charge in [-0.15, -0.1) is 5.16 Å². The van der Waals surface area contributed by atoms with Crippen molar-refractivity contribution < 1.29 is 5.21 Å². The second-order valence-electron chi connectivity index (χ2n) is 7.04. The van der Waals surface area contributed by atoms with Gasteiger partial charge in [0.1, 0.15) is 0 Å². The predicted molar refractivity (Wildman–Crippen MR) is 113 cm³/mol. The molecule has 1 aromatic rings. The summed E-state index contributed by atoms with van der Waals surface area (Å²) in [5, 5.41) is 12.3. The van der Waals surface area contributed by atoms with Crippen molar-refractivity contribution in [1.82, 2.24) is 0 Å². The van der Waals surface area contributed by atoms with E-state index in [1.807, 2.05) is 18.2 Å². The molecule has 0 fully saturated rings. The average Bonchev–Trinajstić information content (AvgIpc) is 2.68. The molecular formula is C23H36N2O. The molecule has 0 spiro atoms. The quantitative estimate of drug-likeness (QED) is 0.141. The van der Waals surface area contributed by atoms with Gasteiger partial charge in [0.15, 0.2) is 0 Å². The van der Waals surface area contributed by atoms with Gasteiger partial charge in [-0.2, -0.15) is 0 Å². The number of benzene rings is 1. The highest BCUT2D eigenvalue weighted by Gasteiger charge is 2.24. The normalized spacial score (nSPS) is 15.8. The van der Waals surface area contributed by atoms with Crippen molar-refractivity contribution in [3.05, 3.63) is 60.2 Å². The minimum absolute atomic E-state index is 0.000443. The predicted octanol–water partition coefficient (Wildman–Crippen LogP) is 6.41. The van der Waals surface area contributed by atoms with Crippen molar-refractivity contribution in [3.8, 4) is 0 Å². The third-order valence-corrected chi connectivity index (χ3v) is 5.04. The Morgan fingerprint density at radius 3 is 2.38 bits per heavy atom. The van der Waals surface area contributed by atoms with Crippen molar-refractivity contribution in [2.24, 2.45) is 16.3 Å². The van der Waals surface area contributed by atoms with E-state index in [9.17, 15) is 0 Å². The highest BCUT2D eigenvalue weighted by Crippen LogP contribution is 2.31. The molecule has 1 aromatic carbocycles. The van der Waals surface area contributed by atoms with Gasteiger partial charge in [0.2, 0.25) is 0 Å². The molecule has 3 nitrogen and oxygen atoms in total. The molecule has 2 atom stereocenters. The molecule has 0 saturated carbocycles. The first-order valence-electron chi connectivity index (χ1n) is 9.96. The monoisotopic (exact) mass is 356 g/mol. The van der Waals surface area contributed by atoms with Gasteiger partial charge < -0.3 is 10.9 Å². The van der Waals surface area contributed by atoms with Crippen molar-refractivity contribution in [1.29, 1.82) is 0 Å². The Morgan fingerprint density at radius 2 is 1.77 bits per heavy atom. The molecule has 144 valence electrons. The van der Waals surface area contributed by atoms with Crippen LogP contribution in [0.1, 0.15) is 76.8 Å². The summed E-state index contributed by atoms with van der Waals surface area (Å²) in [7, 11) is 0. The molecule has 2 unspecified atom stereocenters. The van der Waals surface area contributed by atoms with E-state index >= 15 is 0 Å². The summed E-state index contributed by atoms with van der Waals surface area (Å²) in [5.41, 5.74) is 7.38. The van der Waals surface area contributed by atoms with Crippen LogP contribution in [0.3, 0.4) is 0 Å². The lowest BCUT2D eigenvalue weighted by atomic mass is 9.78. The SMILES string of the molecule is CCCCC(C=NO)(CC)CC=CCCC=CCC(N)c1ccccc1. The van der Waals surface area contributed by atoms with Crippen LogP contribution in [0, 0.1) is 5.41 Å². The minimum Gasteiger partial charge on any atom is -0.411 e. The van der Waals surface area contributed by atoms with Gasteiger partial charge in [-0.3, -0.25) is 0 Å². The summed E-state index contributed by atoms with van der Waals surface area (Å²) in [6.07, 6.45) is 18.9. The molecule has 0 aromatic heterocycles. The third kappa shape index (κ3) is 8.48. The molecular weight excluding hydrogens is 320 g/mol. The third-order valence-electron chi connectivity index (χ3n) is 5.04.